The first-order valence-corrected chi connectivity index (χ1v) is 10.4. The lowest BCUT2D eigenvalue weighted by Gasteiger charge is -2.26. The van der Waals surface area contributed by atoms with Crippen molar-refractivity contribution in [2.45, 2.75) is 32.5 Å². The number of anilines is 1. The van der Waals surface area contributed by atoms with Gasteiger partial charge >= 0.3 is 0 Å². The second-order valence-corrected chi connectivity index (χ2v) is 8.60. The SMILES string of the molecule is CCN(Cc1cnc(NCc2ccccc2)nc1)[C@H]1CCS(=O)(=O)C1. The van der Waals surface area contributed by atoms with Gasteiger partial charge in [-0.25, -0.2) is 18.4 Å². The fraction of sp³-hybridized carbons (Fsp3) is 0.444. The lowest BCUT2D eigenvalue weighted by molar-refractivity contribution is 0.214. The van der Waals surface area contributed by atoms with Gasteiger partial charge < -0.3 is 5.32 Å². The summed E-state index contributed by atoms with van der Waals surface area (Å²) >= 11 is 0. The summed E-state index contributed by atoms with van der Waals surface area (Å²) in [4.78, 5) is 10.9. The van der Waals surface area contributed by atoms with Gasteiger partial charge in [0.15, 0.2) is 9.84 Å². The predicted molar refractivity (Wildman–Crippen MR) is 98.9 cm³/mol. The summed E-state index contributed by atoms with van der Waals surface area (Å²) in [7, 11) is -2.87. The van der Waals surface area contributed by atoms with Gasteiger partial charge in [-0.2, -0.15) is 0 Å². The zero-order valence-electron chi connectivity index (χ0n) is 14.4. The fourth-order valence-electron chi connectivity index (χ4n) is 3.10. The molecule has 25 heavy (non-hydrogen) atoms. The zero-order chi connectivity index (χ0) is 17.7. The summed E-state index contributed by atoms with van der Waals surface area (Å²) in [6, 6.07) is 10.2. The molecule has 0 spiro atoms. The predicted octanol–water partition coefficient (Wildman–Crippen LogP) is 2.10. The third-order valence-corrected chi connectivity index (χ3v) is 6.27. The maximum Gasteiger partial charge on any atom is 0.222 e. The van der Waals surface area contributed by atoms with Crippen molar-refractivity contribution in [3.05, 3.63) is 53.9 Å². The molecule has 1 atom stereocenters. The van der Waals surface area contributed by atoms with Crippen molar-refractivity contribution in [3.8, 4) is 0 Å². The van der Waals surface area contributed by atoms with E-state index >= 15 is 0 Å². The van der Waals surface area contributed by atoms with Crippen molar-refractivity contribution in [2.75, 3.05) is 23.4 Å². The largest absolute Gasteiger partial charge is 0.350 e. The molecular formula is C18H24N4O2S. The smallest absolute Gasteiger partial charge is 0.222 e. The van der Waals surface area contributed by atoms with Crippen LogP contribution in [0.15, 0.2) is 42.7 Å². The molecule has 0 aliphatic carbocycles. The summed E-state index contributed by atoms with van der Waals surface area (Å²) in [5.74, 6) is 1.16. The number of hydrogen-bond donors (Lipinski definition) is 1. The molecule has 0 amide bonds. The first-order chi connectivity index (χ1) is 12.1. The van der Waals surface area contributed by atoms with Gasteiger partial charge in [0.05, 0.1) is 11.5 Å². The average Bonchev–Trinajstić information content (AvgIpc) is 2.99. The van der Waals surface area contributed by atoms with E-state index in [1.54, 1.807) is 0 Å². The number of sulfone groups is 1. The van der Waals surface area contributed by atoms with Crippen LogP contribution >= 0.6 is 0 Å². The van der Waals surface area contributed by atoms with Crippen molar-refractivity contribution in [1.82, 2.24) is 14.9 Å². The van der Waals surface area contributed by atoms with Crippen LogP contribution < -0.4 is 5.32 Å². The number of nitrogens with one attached hydrogen (secondary N) is 1. The molecule has 1 N–H and O–H groups in total. The van der Waals surface area contributed by atoms with Crippen LogP contribution in [0.25, 0.3) is 0 Å². The van der Waals surface area contributed by atoms with Crippen LogP contribution in [0.2, 0.25) is 0 Å². The third-order valence-electron chi connectivity index (χ3n) is 4.52. The monoisotopic (exact) mass is 360 g/mol. The molecule has 3 rings (SSSR count). The van der Waals surface area contributed by atoms with Gasteiger partial charge in [-0.1, -0.05) is 37.3 Å². The van der Waals surface area contributed by atoms with Crippen molar-refractivity contribution < 1.29 is 8.42 Å². The van der Waals surface area contributed by atoms with Crippen LogP contribution in [0, 0.1) is 0 Å². The van der Waals surface area contributed by atoms with Gasteiger partial charge in [-0.15, -0.1) is 0 Å². The Hall–Kier alpha value is -1.99. The van der Waals surface area contributed by atoms with Crippen molar-refractivity contribution >= 4 is 15.8 Å². The number of hydrogen-bond acceptors (Lipinski definition) is 6. The Morgan fingerprint density at radius 2 is 1.88 bits per heavy atom. The molecule has 1 aromatic heterocycles. The standard InChI is InChI=1S/C18H24N4O2S/c1-2-22(17-8-9-25(23,24)14-17)13-16-11-20-18(21-12-16)19-10-15-6-4-3-5-7-15/h3-7,11-12,17H,2,8-10,13-14H2,1H3,(H,19,20,21)/t17-/m0/s1. The molecule has 1 aliphatic heterocycles. The third kappa shape index (κ3) is 4.99. The Morgan fingerprint density at radius 3 is 2.48 bits per heavy atom. The molecule has 1 fully saturated rings. The minimum atomic E-state index is -2.87. The van der Waals surface area contributed by atoms with Gasteiger partial charge in [0.25, 0.3) is 0 Å². The quantitative estimate of drug-likeness (QED) is 0.815. The molecule has 6 nitrogen and oxygen atoms in total. The first kappa shape index (κ1) is 17.8. The highest BCUT2D eigenvalue weighted by atomic mass is 32.2. The van der Waals surface area contributed by atoms with E-state index in [0.717, 1.165) is 12.1 Å². The van der Waals surface area contributed by atoms with E-state index in [0.29, 0.717) is 31.2 Å². The summed E-state index contributed by atoms with van der Waals surface area (Å²) < 4.78 is 23.4. The van der Waals surface area contributed by atoms with E-state index in [2.05, 4.69) is 39.2 Å². The Morgan fingerprint density at radius 1 is 1.16 bits per heavy atom. The van der Waals surface area contributed by atoms with Crippen LogP contribution in [0.3, 0.4) is 0 Å². The van der Waals surface area contributed by atoms with Crippen LogP contribution in [0.1, 0.15) is 24.5 Å². The topological polar surface area (TPSA) is 75.2 Å². The number of nitrogens with zero attached hydrogens (tertiary/aromatic N) is 3. The normalized spacial score (nSPS) is 19.2. The second-order valence-electron chi connectivity index (χ2n) is 6.37. The Labute approximate surface area is 149 Å². The van der Waals surface area contributed by atoms with Crippen LogP contribution in [-0.2, 0) is 22.9 Å². The molecule has 0 unspecified atom stereocenters. The molecule has 7 heteroatoms. The van der Waals surface area contributed by atoms with E-state index < -0.39 is 9.84 Å². The van der Waals surface area contributed by atoms with Gasteiger partial charge in [0, 0.05) is 37.1 Å². The van der Waals surface area contributed by atoms with Crippen LogP contribution in [0.4, 0.5) is 5.95 Å². The number of rotatable bonds is 7. The highest BCUT2D eigenvalue weighted by Crippen LogP contribution is 2.19. The Bertz CT molecular complexity index is 778. The van der Waals surface area contributed by atoms with Gasteiger partial charge in [0.1, 0.15) is 0 Å². The minimum absolute atomic E-state index is 0.103. The molecule has 0 saturated carbocycles. The minimum Gasteiger partial charge on any atom is -0.350 e. The van der Waals surface area contributed by atoms with Crippen molar-refractivity contribution in [2.24, 2.45) is 0 Å². The highest BCUT2D eigenvalue weighted by Gasteiger charge is 2.31. The molecule has 0 bridgehead atoms. The molecule has 1 saturated heterocycles. The number of aromatic nitrogens is 2. The zero-order valence-corrected chi connectivity index (χ0v) is 15.2. The first-order valence-electron chi connectivity index (χ1n) is 8.59. The number of benzene rings is 1. The summed E-state index contributed by atoms with van der Waals surface area (Å²) in [5.41, 5.74) is 2.17. The van der Waals surface area contributed by atoms with E-state index in [-0.39, 0.29) is 11.8 Å². The lowest BCUT2D eigenvalue weighted by Crippen LogP contribution is -2.35. The van der Waals surface area contributed by atoms with Gasteiger partial charge in [-0.05, 0) is 18.5 Å². The summed E-state index contributed by atoms with van der Waals surface area (Å²) in [6.45, 7) is 4.23. The molecule has 2 aromatic rings. The van der Waals surface area contributed by atoms with E-state index in [9.17, 15) is 8.42 Å². The Balaban J connectivity index is 1.56. The molecule has 1 aliphatic rings. The van der Waals surface area contributed by atoms with Crippen LogP contribution in [-0.4, -0.2) is 47.4 Å². The molecule has 2 heterocycles. The second kappa shape index (κ2) is 7.93. The molecule has 0 radical (unpaired) electrons. The summed E-state index contributed by atoms with van der Waals surface area (Å²) in [6.07, 6.45) is 4.34. The van der Waals surface area contributed by atoms with Gasteiger partial charge in [0.2, 0.25) is 5.95 Å². The maximum atomic E-state index is 11.7. The van der Waals surface area contributed by atoms with E-state index in [1.807, 2.05) is 30.6 Å². The highest BCUT2D eigenvalue weighted by molar-refractivity contribution is 7.91. The maximum absolute atomic E-state index is 11.7. The van der Waals surface area contributed by atoms with E-state index in [1.165, 1.54) is 5.56 Å². The molecular weight excluding hydrogens is 336 g/mol. The average molecular weight is 360 g/mol. The lowest BCUT2D eigenvalue weighted by atomic mass is 10.2. The Kier molecular flexibility index (Phi) is 5.65. The summed E-state index contributed by atoms with van der Waals surface area (Å²) in [5, 5.41) is 3.21. The van der Waals surface area contributed by atoms with E-state index in [4.69, 9.17) is 0 Å². The van der Waals surface area contributed by atoms with Crippen LogP contribution in [0.5, 0.6) is 0 Å². The molecule has 134 valence electrons. The fourth-order valence-corrected chi connectivity index (χ4v) is 4.86. The molecule has 1 aromatic carbocycles. The van der Waals surface area contributed by atoms with Crippen molar-refractivity contribution in [1.29, 1.82) is 0 Å². The van der Waals surface area contributed by atoms with Crippen molar-refractivity contribution in [3.63, 3.8) is 0 Å². The van der Waals surface area contributed by atoms with Gasteiger partial charge in [-0.3, -0.25) is 4.90 Å².